The molecule has 0 N–H and O–H groups in total. The van der Waals surface area contributed by atoms with E-state index in [0.717, 1.165) is 25.9 Å². The molecule has 2 heteroatoms. The summed E-state index contributed by atoms with van der Waals surface area (Å²) in [5.74, 6) is 2.03. The molecule has 1 heterocycles. The van der Waals surface area contributed by atoms with Crippen LogP contribution >= 0.6 is 0 Å². The van der Waals surface area contributed by atoms with Gasteiger partial charge in [-0.25, -0.2) is 9.13 Å². The summed E-state index contributed by atoms with van der Waals surface area (Å²) in [6, 6.07) is 22.3. The first kappa shape index (κ1) is 34.1. The smallest absolute Gasteiger partial charge is 0.234 e. The van der Waals surface area contributed by atoms with Gasteiger partial charge in [0.2, 0.25) is 0 Å². The van der Waals surface area contributed by atoms with Crippen LogP contribution in [-0.2, 0) is 25.9 Å². The van der Waals surface area contributed by atoms with E-state index in [1.54, 1.807) is 0 Å². The summed E-state index contributed by atoms with van der Waals surface area (Å²) in [6.07, 6.45) is 28.1. The van der Waals surface area contributed by atoms with Gasteiger partial charge < -0.3 is 0 Å². The zero-order valence-electron chi connectivity index (χ0n) is 27.7. The van der Waals surface area contributed by atoms with Crippen molar-refractivity contribution in [1.82, 2.24) is 4.57 Å². The van der Waals surface area contributed by atoms with Gasteiger partial charge in [-0.05, 0) is 42.7 Å². The zero-order valence-corrected chi connectivity index (χ0v) is 27.7. The molecular weight excluding hydrogens is 508 g/mol. The van der Waals surface area contributed by atoms with Crippen molar-refractivity contribution in [3.63, 3.8) is 0 Å². The molecule has 0 aliphatic carbocycles. The maximum absolute atomic E-state index is 2.73. The Morgan fingerprint density at radius 2 is 1.10 bits per heavy atom. The molecule has 42 heavy (non-hydrogen) atoms. The molecule has 2 aromatic carbocycles. The van der Waals surface area contributed by atoms with E-state index in [2.05, 4.69) is 96.8 Å². The standard InChI is InChI=1S/C40H63N2/c1-4-6-8-10-12-13-14-16-17-25-31-41-35-39(33-36(3)38-29-23-20-24-30-38)42(32-26-18-15-11-9-7-5-2)40(41)34-37-27-21-19-22-28-37/h19-24,27-30,35-36H,4-18,25-26,31-34H2,1-3H3/q+1. The van der Waals surface area contributed by atoms with Crippen molar-refractivity contribution in [2.75, 3.05) is 0 Å². The third-order valence-electron chi connectivity index (χ3n) is 9.12. The van der Waals surface area contributed by atoms with Crippen LogP contribution in [0.15, 0.2) is 66.9 Å². The van der Waals surface area contributed by atoms with Crippen LogP contribution in [0.1, 0.15) is 158 Å². The largest absolute Gasteiger partial charge is 0.261 e. The lowest BCUT2D eigenvalue weighted by Crippen LogP contribution is -2.37. The second kappa shape index (κ2) is 21.4. The third-order valence-corrected chi connectivity index (χ3v) is 9.12. The molecule has 0 radical (unpaired) electrons. The van der Waals surface area contributed by atoms with Crippen LogP contribution in [0.2, 0.25) is 0 Å². The Balaban J connectivity index is 1.69. The Morgan fingerprint density at radius 3 is 1.67 bits per heavy atom. The Kier molecular flexibility index (Phi) is 17.4. The van der Waals surface area contributed by atoms with Crippen molar-refractivity contribution < 1.29 is 4.57 Å². The summed E-state index contributed by atoms with van der Waals surface area (Å²) in [5, 5.41) is 0. The van der Waals surface area contributed by atoms with E-state index in [0.29, 0.717) is 5.92 Å². The molecule has 3 rings (SSSR count). The Hall–Kier alpha value is -2.35. The molecule has 2 nitrogen and oxygen atoms in total. The number of aromatic nitrogens is 2. The normalized spacial score (nSPS) is 12.2. The molecule has 232 valence electrons. The van der Waals surface area contributed by atoms with Gasteiger partial charge in [-0.2, -0.15) is 0 Å². The molecule has 0 fully saturated rings. The van der Waals surface area contributed by atoms with E-state index in [4.69, 9.17) is 0 Å². The minimum atomic E-state index is 0.518. The first-order valence-corrected chi connectivity index (χ1v) is 17.9. The molecule has 0 aliphatic rings. The molecule has 0 amide bonds. The first-order valence-electron chi connectivity index (χ1n) is 17.9. The van der Waals surface area contributed by atoms with Crippen molar-refractivity contribution in [3.05, 3.63) is 89.5 Å². The molecule has 1 atom stereocenters. The van der Waals surface area contributed by atoms with Crippen LogP contribution < -0.4 is 4.57 Å². The Morgan fingerprint density at radius 1 is 0.595 bits per heavy atom. The summed E-state index contributed by atoms with van der Waals surface area (Å²) in [5.41, 5.74) is 4.40. The number of rotatable bonds is 24. The zero-order chi connectivity index (χ0) is 29.7. The maximum atomic E-state index is 2.73. The summed E-state index contributed by atoms with van der Waals surface area (Å²) >= 11 is 0. The van der Waals surface area contributed by atoms with Gasteiger partial charge in [-0.3, -0.25) is 0 Å². The van der Waals surface area contributed by atoms with Gasteiger partial charge in [0, 0.05) is 6.42 Å². The molecule has 3 aromatic rings. The van der Waals surface area contributed by atoms with Crippen LogP contribution in [0.3, 0.4) is 0 Å². The molecular formula is C40H63N2+. The second-order valence-electron chi connectivity index (χ2n) is 12.9. The number of aryl methyl sites for hydroxylation is 1. The number of hydrogen-bond acceptors (Lipinski definition) is 0. The van der Waals surface area contributed by atoms with Crippen molar-refractivity contribution in [3.8, 4) is 0 Å². The van der Waals surface area contributed by atoms with Gasteiger partial charge in [0.15, 0.2) is 0 Å². The van der Waals surface area contributed by atoms with Crippen LogP contribution in [0.5, 0.6) is 0 Å². The molecule has 0 saturated heterocycles. The van der Waals surface area contributed by atoms with Crippen LogP contribution in [-0.4, -0.2) is 4.57 Å². The van der Waals surface area contributed by atoms with Crippen molar-refractivity contribution in [1.29, 1.82) is 0 Å². The van der Waals surface area contributed by atoms with Crippen molar-refractivity contribution >= 4 is 0 Å². The number of imidazole rings is 1. The number of nitrogens with zero attached hydrogens (tertiary/aromatic N) is 2. The predicted molar refractivity (Wildman–Crippen MR) is 182 cm³/mol. The van der Waals surface area contributed by atoms with Gasteiger partial charge in [-0.15, -0.1) is 0 Å². The van der Waals surface area contributed by atoms with Crippen LogP contribution in [0.25, 0.3) is 0 Å². The fourth-order valence-corrected chi connectivity index (χ4v) is 6.46. The first-order chi connectivity index (χ1) is 20.7. The fourth-order valence-electron chi connectivity index (χ4n) is 6.46. The third kappa shape index (κ3) is 12.9. The molecule has 1 aromatic heterocycles. The monoisotopic (exact) mass is 571 g/mol. The van der Waals surface area contributed by atoms with E-state index in [1.807, 2.05) is 0 Å². The Labute approximate surface area is 260 Å². The van der Waals surface area contributed by atoms with Crippen molar-refractivity contribution in [2.24, 2.45) is 0 Å². The van der Waals surface area contributed by atoms with E-state index in [1.165, 1.54) is 132 Å². The minimum Gasteiger partial charge on any atom is -0.234 e. The highest BCUT2D eigenvalue weighted by Crippen LogP contribution is 2.23. The average molecular weight is 572 g/mol. The maximum Gasteiger partial charge on any atom is 0.261 e. The number of benzene rings is 2. The Bertz CT molecular complexity index is 1050. The average Bonchev–Trinajstić information content (AvgIpc) is 3.33. The highest BCUT2D eigenvalue weighted by atomic mass is 15.2. The predicted octanol–water partition coefficient (Wildman–Crippen LogP) is 11.4. The minimum absolute atomic E-state index is 0.518. The molecule has 0 bridgehead atoms. The van der Waals surface area contributed by atoms with Gasteiger partial charge >= 0.3 is 0 Å². The molecule has 0 aliphatic heterocycles. The lowest BCUT2D eigenvalue weighted by molar-refractivity contribution is -0.704. The van der Waals surface area contributed by atoms with Crippen LogP contribution in [0, 0.1) is 0 Å². The molecule has 0 spiro atoms. The van der Waals surface area contributed by atoms with Gasteiger partial charge in [0.1, 0.15) is 11.9 Å². The SMILES string of the molecule is CCCCCCCCCCCC[n+]1cc(CC(C)c2ccccc2)n(CCCCCCCCC)c1Cc1ccccc1. The lowest BCUT2D eigenvalue weighted by Gasteiger charge is -2.12. The van der Waals surface area contributed by atoms with Crippen LogP contribution in [0.4, 0.5) is 0 Å². The summed E-state index contributed by atoms with van der Waals surface area (Å²) in [4.78, 5) is 0. The highest BCUT2D eigenvalue weighted by molar-refractivity contribution is 5.22. The van der Waals surface area contributed by atoms with E-state index < -0.39 is 0 Å². The summed E-state index contributed by atoms with van der Waals surface area (Å²) < 4.78 is 5.38. The molecule has 1 unspecified atom stereocenters. The van der Waals surface area contributed by atoms with E-state index in [-0.39, 0.29) is 0 Å². The quantitative estimate of drug-likeness (QED) is 0.0747. The number of unbranched alkanes of at least 4 members (excludes halogenated alkanes) is 15. The van der Waals surface area contributed by atoms with E-state index in [9.17, 15) is 0 Å². The van der Waals surface area contributed by atoms with Crippen molar-refractivity contribution in [2.45, 2.75) is 162 Å². The van der Waals surface area contributed by atoms with E-state index >= 15 is 0 Å². The highest BCUT2D eigenvalue weighted by Gasteiger charge is 2.25. The van der Waals surface area contributed by atoms with Gasteiger partial charge in [-0.1, -0.05) is 165 Å². The summed E-state index contributed by atoms with van der Waals surface area (Å²) in [6.45, 7) is 9.32. The lowest BCUT2D eigenvalue weighted by atomic mass is 9.96. The number of hydrogen-bond donors (Lipinski definition) is 0. The molecule has 0 saturated carbocycles. The fraction of sp³-hybridized carbons (Fsp3) is 0.625. The summed E-state index contributed by atoms with van der Waals surface area (Å²) in [7, 11) is 0. The van der Waals surface area contributed by atoms with Gasteiger partial charge in [0.25, 0.3) is 5.82 Å². The van der Waals surface area contributed by atoms with Gasteiger partial charge in [0.05, 0.1) is 19.5 Å². The topological polar surface area (TPSA) is 8.81 Å². The second-order valence-corrected chi connectivity index (χ2v) is 12.9.